The maximum absolute atomic E-state index is 12.3. The smallest absolute Gasteiger partial charge is 0.257 e. The van der Waals surface area contributed by atoms with E-state index in [9.17, 15) is 9.59 Å². The van der Waals surface area contributed by atoms with Gasteiger partial charge >= 0.3 is 0 Å². The zero-order chi connectivity index (χ0) is 21.6. The summed E-state index contributed by atoms with van der Waals surface area (Å²) in [7, 11) is 1.54. The molecule has 0 bridgehead atoms. The van der Waals surface area contributed by atoms with Crippen LogP contribution in [0, 0.1) is 0 Å². The fourth-order valence-corrected chi connectivity index (χ4v) is 4.26. The summed E-state index contributed by atoms with van der Waals surface area (Å²) in [4.78, 5) is 24.5. The normalized spacial score (nSPS) is 11.8. The second kappa shape index (κ2) is 9.67. The molecule has 11 heteroatoms. The number of hydrogen-bond donors (Lipinski definition) is 2. The number of hydrogen-bond acceptors (Lipinski definition) is 9. The highest BCUT2D eigenvalue weighted by atomic mass is 32.2. The van der Waals surface area contributed by atoms with Crippen molar-refractivity contribution in [2.24, 2.45) is 0 Å². The van der Waals surface area contributed by atoms with Crippen molar-refractivity contribution in [3.05, 3.63) is 53.6 Å². The number of thioether (sulfide) groups is 1. The van der Waals surface area contributed by atoms with E-state index in [1.807, 2.05) is 18.2 Å². The Morgan fingerprint density at radius 3 is 2.90 bits per heavy atom. The monoisotopic (exact) mass is 458 g/mol. The van der Waals surface area contributed by atoms with Crippen molar-refractivity contribution in [2.75, 3.05) is 25.0 Å². The molecule has 0 saturated heterocycles. The fraction of sp³-hybridized carbons (Fsp3) is 0.200. The van der Waals surface area contributed by atoms with Crippen LogP contribution >= 0.6 is 23.1 Å². The van der Waals surface area contributed by atoms with Crippen molar-refractivity contribution >= 4 is 40.0 Å². The van der Waals surface area contributed by atoms with Crippen LogP contribution in [0.2, 0.25) is 0 Å². The number of rotatable bonds is 8. The average molecular weight is 459 g/mol. The molecule has 0 aliphatic carbocycles. The molecule has 0 fully saturated rings. The summed E-state index contributed by atoms with van der Waals surface area (Å²) in [6, 6.07) is 12.4. The van der Waals surface area contributed by atoms with E-state index in [0.717, 1.165) is 5.56 Å². The molecule has 1 aliphatic heterocycles. The predicted octanol–water partition coefficient (Wildman–Crippen LogP) is 2.94. The first kappa shape index (κ1) is 20.9. The lowest BCUT2D eigenvalue weighted by molar-refractivity contribution is -0.118. The van der Waals surface area contributed by atoms with Crippen molar-refractivity contribution in [3.8, 4) is 17.2 Å². The first-order chi connectivity index (χ1) is 15.1. The van der Waals surface area contributed by atoms with Crippen molar-refractivity contribution < 1.29 is 23.8 Å². The van der Waals surface area contributed by atoms with Crippen LogP contribution in [0.3, 0.4) is 0 Å². The third-order valence-electron chi connectivity index (χ3n) is 4.21. The number of amides is 2. The maximum atomic E-state index is 12.3. The van der Waals surface area contributed by atoms with E-state index in [2.05, 4.69) is 20.8 Å². The van der Waals surface area contributed by atoms with E-state index in [4.69, 9.17) is 14.2 Å². The van der Waals surface area contributed by atoms with E-state index in [1.165, 1.54) is 30.2 Å². The van der Waals surface area contributed by atoms with Gasteiger partial charge in [0.2, 0.25) is 17.8 Å². The molecular weight excluding hydrogens is 440 g/mol. The Hall–Kier alpha value is -3.31. The number of nitrogens with zero attached hydrogens (tertiary/aromatic N) is 2. The maximum Gasteiger partial charge on any atom is 0.257 e. The van der Waals surface area contributed by atoms with Crippen LogP contribution in [-0.2, 0) is 11.3 Å². The van der Waals surface area contributed by atoms with Gasteiger partial charge in [-0.25, -0.2) is 0 Å². The number of aromatic nitrogens is 2. The predicted molar refractivity (Wildman–Crippen MR) is 116 cm³/mol. The first-order valence-electron chi connectivity index (χ1n) is 9.17. The molecule has 0 radical (unpaired) electrons. The van der Waals surface area contributed by atoms with Crippen LogP contribution in [-0.4, -0.2) is 41.7 Å². The topological polar surface area (TPSA) is 112 Å². The van der Waals surface area contributed by atoms with Crippen molar-refractivity contribution in [2.45, 2.75) is 10.9 Å². The molecule has 2 N–H and O–H groups in total. The summed E-state index contributed by atoms with van der Waals surface area (Å²) in [5.74, 6) is 1.71. The molecule has 4 rings (SSSR count). The third kappa shape index (κ3) is 5.44. The Kier molecular flexibility index (Phi) is 6.53. The van der Waals surface area contributed by atoms with Crippen molar-refractivity contribution in [3.63, 3.8) is 0 Å². The largest absolute Gasteiger partial charge is 0.497 e. The molecule has 2 heterocycles. The Balaban J connectivity index is 1.24. The van der Waals surface area contributed by atoms with Gasteiger partial charge in [0.1, 0.15) is 5.75 Å². The van der Waals surface area contributed by atoms with Crippen LogP contribution < -0.4 is 24.8 Å². The van der Waals surface area contributed by atoms with E-state index >= 15 is 0 Å². The lowest BCUT2D eigenvalue weighted by Gasteiger charge is -2.05. The summed E-state index contributed by atoms with van der Waals surface area (Å²) in [5, 5.41) is 13.9. The number of ether oxygens (including phenoxy) is 3. The average Bonchev–Trinajstić information content (AvgIpc) is 3.45. The van der Waals surface area contributed by atoms with E-state index in [1.54, 1.807) is 24.3 Å². The third-order valence-corrected chi connectivity index (χ3v) is 6.18. The van der Waals surface area contributed by atoms with E-state index in [-0.39, 0.29) is 24.4 Å². The molecule has 0 unspecified atom stereocenters. The first-order valence-corrected chi connectivity index (χ1v) is 11.0. The van der Waals surface area contributed by atoms with Gasteiger partial charge in [-0.2, -0.15) is 0 Å². The van der Waals surface area contributed by atoms with Gasteiger partial charge < -0.3 is 19.5 Å². The number of nitrogens with one attached hydrogen (secondary N) is 2. The number of fused-ring (bicyclic) bond motifs is 1. The van der Waals surface area contributed by atoms with Crippen molar-refractivity contribution in [1.82, 2.24) is 15.5 Å². The Morgan fingerprint density at radius 1 is 1.16 bits per heavy atom. The van der Waals surface area contributed by atoms with Crippen LogP contribution in [0.15, 0.2) is 46.8 Å². The zero-order valence-corrected chi connectivity index (χ0v) is 18.0. The molecule has 2 amide bonds. The molecule has 0 saturated carbocycles. The van der Waals surface area contributed by atoms with Crippen LogP contribution in [0.1, 0.15) is 15.9 Å². The molecular formula is C20H18N4O5S2. The molecule has 2 aromatic carbocycles. The van der Waals surface area contributed by atoms with E-state index < -0.39 is 0 Å². The summed E-state index contributed by atoms with van der Waals surface area (Å²) in [5.41, 5.74) is 1.37. The number of carbonyl (C=O) groups excluding carboxylic acids is 2. The Morgan fingerprint density at radius 2 is 2.03 bits per heavy atom. The molecule has 1 aliphatic rings. The number of anilines is 1. The molecule has 1 aromatic heterocycles. The minimum Gasteiger partial charge on any atom is -0.497 e. The van der Waals surface area contributed by atoms with Gasteiger partial charge in [-0.15, -0.1) is 10.2 Å². The molecule has 160 valence electrons. The highest BCUT2D eigenvalue weighted by Gasteiger charge is 2.14. The van der Waals surface area contributed by atoms with E-state index in [0.29, 0.717) is 38.8 Å². The van der Waals surface area contributed by atoms with Gasteiger partial charge in [-0.3, -0.25) is 14.9 Å². The number of methoxy groups -OCH3 is 1. The summed E-state index contributed by atoms with van der Waals surface area (Å²) < 4.78 is 16.3. The van der Waals surface area contributed by atoms with Crippen LogP contribution in [0.5, 0.6) is 17.2 Å². The highest BCUT2D eigenvalue weighted by molar-refractivity contribution is 8.01. The number of benzene rings is 2. The molecule has 0 atom stereocenters. The summed E-state index contributed by atoms with van der Waals surface area (Å²) in [6.07, 6.45) is 0. The van der Waals surface area contributed by atoms with Crippen LogP contribution in [0.4, 0.5) is 5.13 Å². The standard InChI is InChI=1S/C20H18N4O5S2/c1-27-14-4-2-3-13(8-14)18(26)22-19-23-24-20(31-19)30-10-17(25)21-9-12-5-6-15-16(7-12)29-11-28-15/h2-8H,9-11H2,1H3,(H,21,25)(H,22,23,26). The van der Waals surface area contributed by atoms with Gasteiger partial charge in [0, 0.05) is 12.1 Å². The fourth-order valence-electron chi connectivity index (χ4n) is 2.68. The Bertz CT molecular complexity index is 1100. The summed E-state index contributed by atoms with van der Waals surface area (Å²) in [6.45, 7) is 0.597. The Labute approximate surface area is 186 Å². The molecule has 3 aromatic rings. The highest BCUT2D eigenvalue weighted by Crippen LogP contribution is 2.32. The van der Waals surface area contributed by atoms with Gasteiger partial charge in [0.05, 0.1) is 12.9 Å². The van der Waals surface area contributed by atoms with Gasteiger partial charge in [0.15, 0.2) is 15.8 Å². The second-order valence-electron chi connectivity index (χ2n) is 6.31. The van der Waals surface area contributed by atoms with Crippen molar-refractivity contribution in [1.29, 1.82) is 0 Å². The summed E-state index contributed by atoms with van der Waals surface area (Å²) >= 11 is 2.45. The van der Waals surface area contributed by atoms with Crippen LogP contribution in [0.25, 0.3) is 0 Å². The van der Waals surface area contributed by atoms with Gasteiger partial charge in [-0.1, -0.05) is 35.2 Å². The molecule has 0 spiro atoms. The minimum atomic E-state index is -0.312. The van der Waals surface area contributed by atoms with Gasteiger partial charge in [0.25, 0.3) is 5.91 Å². The number of carbonyl (C=O) groups is 2. The SMILES string of the molecule is COc1cccc(C(=O)Nc2nnc(SCC(=O)NCc3ccc4c(c3)OCO4)s2)c1. The molecule has 9 nitrogen and oxygen atoms in total. The minimum absolute atomic E-state index is 0.139. The lowest BCUT2D eigenvalue weighted by atomic mass is 10.2. The molecule has 31 heavy (non-hydrogen) atoms. The van der Waals surface area contributed by atoms with Gasteiger partial charge in [-0.05, 0) is 35.9 Å². The zero-order valence-electron chi connectivity index (χ0n) is 16.4. The quantitative estimate of drug-likeness (QED) is 0.392. The second-order valence-corrected chi connectivity index (χ2v) is 8.51. The lowest BCUT2D eigenvalue weighted by Crippen LogP contribution is -2.24.